The third kappa shape index (κ3) is 4.67. The summed E-state index contributed by atoms with van der Waals surface area (Å²) in [5.41, 5.74) is 4.11. The van der Waals surface area contributed by atoms with Gasteiger partial charge in [0.2, 0.25) is 0 Å². The van der Waals surface area contributed by atoms with Crippen molar-refractivity contribution in [1.82, 2.24) is 0 Å². The molecule has 0 spiro atoms. The second kappa shape index (κ2) is 9.43. The van der Waals surface area contributed by atoms with Crippen LogP contribution in [0.2, 0.25) is 0 Å². The van der Waals surface area contributed by atoms with Crippen LogP contribution < -0.4 is 14.8 Å². The van der Waals surface area contributed by atoms with E-state index in [4.69, 9.17) is 9.47 Å². The van der Waals surface area contributed by atoms with E-state index in [1.165, 1.54) is 11.6 Å². The lowest BCUT2D eigenvalue weighted by Crippen LogP contribution is -2.07. The largest absolute Gasteiger partial charge is 0.495 e. The number of fused-ring (bicyclic) bond motifs is 1. The number of carboxylic acid groups (broad SMARTS) is 1. The van der Waals surface area contributed by atoms with Crippen LogP contribution in [0.1, 0.15) is 27.0 Å². The summed E-state index contributed by atoms with van der Waals surface area (Å²) in [6, 6.07) is 25.2. The van der Waals surface area contributed by atoms with E-state index in [1.54, 1.807) is 19.2 Å². The summed E-state index contributed by atoms with van der Waals surface area (Å²) >= 11 is 0. The van der Waals surface area contributed by atoms with Gasteiger partial charge >= 0.3 is 5.97 Å². The zero-order valence-electron chi connectivity index (χ0n) is 18.1. The van der Waals surface area contributed by atoms with Crippen molar-refractivity contribution in [2.75, 3.05) is 12.4 Å². The molecular formula is C27H25NO4. The normalized spacial score (nSPS) is 10.7. The second-order valence-electron chi connectivity index (χ2n) is 7.61. The fraction of sp³-hybridized carbons (Fsp3) is 0.148. The van der Waals surface area contributed by atoms with Gasteiger partial charge in [0.25, 0.3) is 0 Å². The molecule has 0 unspecified atom stereocenters. The van der Waals surface area contributed by atoms with Crippen molar-refractivity contribution in [2.24, 2.45) is 0 Å². The maximum atomic E-state index is 11.4. The average Bonchev–Trinajstić information content (AvgIpc) is 2.81. The van der Waals surface area contributed by atoms with Gasteiger partial charge in [-0.1, -0.05) is 60.2 Å². The molecule has 0 bridgehead atoms. The number of carboxylic acids is 1. The van der Waals surface area contributed by atoms with Crippen LogP contribution in [0.3, 0.4) is 0 Å². The first-order valence-electron chi connectivity index (χ1n) is 10.4. The number of rotatable bonds is 8. The molecule has 5 nitrogen and oxygen atoms in total. The van der Waals surface area contributed by atoms with E-state index in [0.29, 0.717) is 24.6 Å². The molecule has 0 radical (unpaired) electrons. The first-order chi connectivity index (χ1) is 15.5. The molecule has 0 aromatic heterocycles. The molecular weight excluding hydrogens is 402 g/mol. The molecule has 2 N–H and O–H groups in total. The summed E-state index contributed by atoms with van der Waals surface area (Å²) < 4.78 is 11.6. The van der Waals surface area contributed by atoms with E-state index in [-0.39, 0.29) is 5.56 Å². The van der Waals surface area contributed by atoms with Crippen LogP contribution in [0.25, 0.3) is 10.8 Å². The van der Waals surface area contributed by atoms with Gasteiger partial charge in [-0.25, -0.2) is 4.79 Å². The molecule has 4 aromatic rings. The summed E-state index contributed by atoms with van der Waals surface area (Å²) in [7, 11) is 1.56. The van der Waals surface area contributed by atoms with E-state index in [0.717, 1.165) is 27.6 Å². The first-order valence-corrected chi connectivity index (χ1v) is 10.4. The van der Waals surface area contributed by atoms with Crippen molar-refractivity contribution in [3.63, 3.8) is 0 Å². The smallest absolute Gasteiger partial charge is 0.335 e. The SMILES string of the molecule is COc1ccc(C(=O)O)cc1NCc1c(OCc2cccc(C)c2)ccc2ccccc12. The number of ether oxygens (including phenoxy) is 2. The van der Waals surface area contributed by atoms with E-state index in [1.807, 2.05) is 30.3 Å². The standard InChI is InChI=1S/C27H25NO4/c1-18-6-5-7-19(14-18)17-32-25-12-10-20-8-3-4-9-22(20)23(25)16-28-24-15-21(27(29)30)11-13-26(24)31-2/h3-15,28H,16-17H2,1-2H3,(H,29,30). The minimum Gasteiger partial charge on any atom is -0.495 e. The molecule has 4 rings (SSSR count). The lowest BCUT2D eigenvalue weighted by Gasteiger charge is -2.17. The van der Waals surface area contributed by atoms with Gasteiger partial charge in [-0.2, -0.15) is 0 Å². The molecule has 0 saturated heterocycles. The van der Waals surface area contributed by atoms with Crippen molar-refractivity contribution >= 4 is 22.4 Å². The number of hydrogen-bond donors (Lipinski definition) is 2. The number of nitrogens with one attached hydrogen (secondary N) is 1. The zero-order valence-corrected chi connectivity index (χ0v) is 18.1. The first kappa shape index (κ1) is 21.2. The lowest BCUT2D eigenvalue weighted by atomic mass is 10.0. The monoisotopic (exact) mass is 427 g/mol. The summed E-state index contributed by atoms with van der Waals surface area (Å²) in [6.07, 6.45) is 0. The van der Waals surface area contributed by atoms with Crippen LogP contribution >= 0.6 is 0 Å². The lowest BCUT2D eigenvalue weighted by molar-refractivity contribution is 0.0697. The summed E-state index contributed by atoms with van der Waals surface area (Å²) in [4.78, 5) is 11.4. The van der Waals surface area contributed by atoms with Crippen LogP contribution in [-0.2, 0) is 13.2 Å². The minimum absolute atomic E-state index is 0.196. The Morgan fingerprint density at radius 1 is 0.938 bits per heavy atom. The van der Waals surface area contributed by atoms with Gasteiger partial charge in [0.1, 0.15) is 18.1 Å². The molecule has 4 aromatic carbocycles. The third-order valence-electron chi connectivity index (χ3n) is 5.38. The highest BCUT2D eigenvalue weighted by atomic mass is 16.5. The maximum absolute atomic E-state index is 11.4. The van der Waals surface area contributed by atoms with Crippen LogP contribution in [-0.4, -0.2) is 18.2 Å². The number of anilines is 1. The zero-order chi connectivity index (χ0) is 22.5. The van der Waals surface area contributed by atoms with Crippen molar-refractivity contribution in [2.45, 2.75) is 20.1 Å². The van der Waals surface area contributed by atoms with Crippen LogP contribution in [0.5, 0.6) is 11.5 Å². The van der Waals surface area contributed by atoms with Gasteiger partial charge in [0, 0.05) is 12.1 Å². The van der Waals surface area contributed by atoms with E-state index < -0.39 is 5.97 Å². The van der Waals surface area contributed by atoms with E-state index in [9.17, 15) is 9.90 Å². The predicted molar refractivity (Wildman–Crippen MR) is 127 cm³/mol. The van der Waals surface area contributed by atoms with Crippen LogP contribution in [0, 0.1) is 6.92 Å². The number of aromatic carboxylic acids is 1. The van der Waals surface area contributed by atoms with Gasteiger partial charge in [0.05, 0.1) is 18.4 Å². The van der Waals surface area contributed by atoms with Gasteiger partial charge in [-0.15, -0.1) is 0 Å². The molecule has 0 aliphatic carbocycles. The fourth-order valence-corrected chi connectivity index (χ4v) is 3.76. The highest BCUT2D eigenvalue weighted by molar-refractivity contribution is 5.90. The quantitative estimate of drug-likeness (QED) is 0.358. The van der Waals surface area contributed by atoms with Gasteiger partial charge in [-0.3, -0.25) is 0 Å². The molecule has 0 amide bonds. The highest BCUT2D eigenvalue weighted by Gasteiger charge is 2.13. The second-order valence-corrected chi connectivity index (χ2v) is 7.61. The molecule has 0 aliphatic rings. The Morgan fingerprint density at radius 2 is 1.75 bits per heavy atom. The Hall–Kier alpha value is -3.99. The van der Waals surface area contributed by atoms with Crippen molar-refractivity contribution in [3.8, 4) is 11.5 Å². The van der Waals surface area contributed by atoms with Gasteiger partial charge in [0.15, 0.2) is 0 Å². The summed E-state index contributed by atoms with van der Waals surface area (Å²) in [5.74, 6) is 0.381. The summed E-state index contributed by atoms with van der Waals surface area (Å²) in [5, 5.41) is 14.9. The number of aryl methyl sites for hydroxylation is 1. The molecule has 0 atom stereocenters. The van der Waals surface area contributed by atoms with Crippen molar-refractivity contribution in [1.29, 1.82) is 0 Å². The van der Waals surface area contributed by atoms with Crippen LogP contribution in [0.4, 0.5) is 5.69 Å². The van der Waals surface area contributed by atoms with Gasteiger partial charge < -0.3 is 19.9 Å². The Morgan fingerprint density at radius 3 is 2.53 bits per heavy atom. The number of methoxy groups -OCH3 is 1. The van der Waals surface area contributed by atoms with Crippen LogP contribution in [0.15, 0.2) is 78.9 Å². The minimum atomic E-state index is -0.983. The molecule has 32 heavy (non-hydrogen) atoms. The van der Waals surface area contributed by atoms with Gasteiger partial charge in [-0.05, 0) is 47.5 Å². The summed E-state index contributed by atoms with van der Waals surface area (Å²) in [6.45, 7) is 2.97. The molecule has 162 valence electrons. The Bertz CT molecular complexity index is 1270. The number of carbonyl (C=O) groups is 1. The van der Waals surface area contributed by atoms with Crippen molar-refractivity contribution < 1.29 is 19.4 Å². The molecule has 5 heteroatoms. The third-order valence-corrected chi connectivity index (χ3v) is 5.38. The Kier molecular flexibility index (Phi) is 6.26. The Balaban J connectivity index is 1.65. The number of benzene rings is 4. The molecule has 0 fully saturated rings. The Labute approximate surface area is 187 Å². The molecule has 0 aliphatic heterocycles. The molecule has 0 heterocycles. The van der Waals surface area contributed by atoms with Crippen molar-refractivity contribution in [3.05, 3.63) is 101 Å². The number of hydrogen-bond acceptors (Lipinski definition) is 4. The highest BCUT2D eigenvalue weighted by Crippen LogP contribution is 2.32. The average molecular weight is 428 g/mol. The van der Waals surface area contributed by atoms with E-state index >= 15 is 0 Å². The maximum Gasteiger partial charge on any atom is 0.335 e. The van der Waals surface area contributed by atoms with E-state index in [2.05, 4.69) is 42.6 Å². The molecule has 0 saturated carbocycles. The predicted octanol–water partition coefficient (Wildman–Crippen LogP) is 6.05. The topological polar surface area (TPSA) is 67.8 Å². The fourth-order valence-electron chi connectivity index (χ4n) is 3.76.